The molecule has 1 N–H and O–H groups in total. The van der Waals surface area contributed by atoms with Gasteiger partial charge >= 0.3 is 0 Å². The molecule has 2 aromatic rings. The van der Waals surface area contributed by atoms with Crippen molar-refractivity contribution < 1.29 is 5.11 Å². The van der Waals surface area contributed by atoms with Crippen molar-refractivity contribution in [2.24, 2.45) is 0 Å². The van der Waals surface area contributed by atoms with Crippen molar-refractivity contribution in [3.8, 4) is 5.88 Å². The monoisotopic (exact) mass is 322 g/mol. The molecule has 0 spiro atoms. The van der Waals surface area contributed by atoms with Gasteiger partial charge in [0.2, 0.25) is 0 Å². The van der Waals surface area contributed by atoms with E-state index in [2.05, 4.69) is 27.8 Å². The first-order valence-electron chi connectivity index (χ1n) is 6.86. The van der Waals surface area contributed by atoms with Crippen molar-refractivity contribution in [3.63, 3.8) is 0 Å². The molecule has 3 nitrogen and oxygen atoms in total. The maximum absolute atomic E-state index is 10.2. The minimum absolute atomic E-state index is 0.384. The van der Waals surface area contributed by atoms with Crippen molar-refractivity contribution in [1.29, 1.82) is 0 Å². The molecule has 1 aromatic carbocycles. The van der Waals surface area contributed by atoms with E-state index in [-0.39, 0.29) is 0 Å². The van der Waals surface area contributed by atoms with E-state index < -0.39 is 0 Å². The number of benzene rings is 1. The first-order chi connectivity index (χ1) is 9.15. The topological polar surface area (TPSA) is 28.4 Å². The molecule has 1 saturated heterocycles. The Morgan fingerprint density at radius 3 is 2.95 bits per heavy atom. The van der Waals surface area contributed by atoms with E-state index in [1.54, 1.807) is 0 Å². The first-order valence-corrected chi connectivity index (χ1v) is 7.66. The Morgan fingerprint density at radius 2 is 2.21 bits per heavy atom. The second-order valence-electron chi connectivity index (χ2n) is 5.40. The molecular weight excluding hydrogens is 304 g/mol. The van der Waals surface area contributed by atoms with Gasteiger partial charge in [0.05, 0.1) is 0 Å². The van der Waals surface area contributed by atoms with E-state index in [4.69, 9.17) is 0 Å². The molecule has 1 aliphatic heterocycles. The van der Waals surface area contributed by atoms with Gasteiger partial charge in [0.15, 0.2) is 5.88 Å². The minimum atomic E-state index is 0.384. The van der Waals surface area contributed by atoms with Crippen LogP contribution in [0.5, 0.6) is 5.88 Å². The summed E-state index contributed by atoms with van der Waals surface area (Å²) in [5, 5.41) is 12.3. The second kappa shape index (κ2) is 5.17. The molecule has 1 fully saturated rings. The Balaban J connectivity index is 1.79. The third-order valence-corrected chi connectivity index (χ3v) is 4.63. The predicted molar refractivity (Wildman–Crippen MR) is 81.6 cm³/mol. The summed E-state index contributed by atoms with van der Waals surface area (Å²) in [6.07, 6.45) is 4.64. The third-order valence-electron chi connectivity index (χ3n) is 4.14. The van der Waals surface area contributed by atoms with Crippen LogP contribution in [0.2, 0.25) is 0 Å². The zero-order valence-electron chi connectivity index (χ0n) is 11.1. The highest BCUT2D eigenvalue weighted by Gasteiger charge is 2.20. The number of hydrogen-bond donors (Lipinski definition) is 1. The number of aromatic nitrogens is 1. The molecule has 3 rings (SSSR count). The van der Waals surface area contributed by atoms with E-state index in [0.29, 0.717) is 11.9 Å². The summed E-state index contributed by atoms with van der Waals surface area (Å²) in [5.41, 5.74) is 0. The highest BCUT2D eigenvalue weighted by molar-refractivity contribution is 9.10. The van der Waals surface area contributed by atoms with Gasteiger partial charge in [0.25, 0.3) is 0 Å². The summed E-state index contributed by atoms with van der Waals surface area (Å²) in [4.78, 5) is 2.50. The fourth-order valence-corrected chi connectivity index (χ4v) is 3.34. The van der Waals surface area contributed by atoms with E-state index >= 15 is 0 Å². The van der Waals surface area contributed by atoms with Crippen LogP contribution in [0.25, 0.3) is 10.8 Å². The number of likely N-dealkylation sites (tertiary alicyclic amines) is 1. The molecule has 0 unspecified atom stereocenters. The molecule has 0 aliphatic carbocycles. The van der Waals surface area contributed by atoms with Crippen LogP contribution < -0.4 is 0 Å². The highest BCUT2D eigenvalue weighted by Crippen LogP contribution is 2.29. The van der Waals surface area contributed by atoms with Crippen LogP contribution in [-0.4, -0.2) is 33.7 Å². The van der Waals surface area contributed by atoms with Gasteiger partial charge in [-0.05, 0) is 44.5 Å². The highest BCUT2D eigenvalue weighted by atomic mass is 79.9. The lowest BCUT2D eigenvalue weighted by molar-refractivity contribution is 0.253. The smallest absolute Gasteiger partial charge is 0.199 e. The molecule has 19 heavy (non-hydrogen) atoms. The SMILES string of the molecule is C[C@@H]1CCCN1CCn1cc2cc(Br)ccc2c1O. The van der Waals surface area contributed by atoms with Gasteiger partial charge in [-0.25, -0.2) is 0 Å². The molecule has 0 saturated carbocycles. The van der Waals surface area contributed by atoms with Gasteiger partial charge in [0.1, 0.15) is 0 Å². The van der Waals surface area contributed by atoms with Crippen LogP contribution in [0.15, 0.2) is 28.9 Å². The molecular formula is C15H19BrN2O. The van der Waals surface area contributed by atoms with Crippen molar-refractivity contribution >= 4 is 26.7 Å². The Morgan fingerprint density at radius 1 is 1.37 bits per heavy atom. The number of fused-ring (bicyclic) bond motifs is 1. The Bertz CT molecular complexity index is 593. The minimum Gasteiger partial charge on any atom is -0.494 e. The number of rotatable bonds is 3. The van der Waals surface area contributed by atoms with E-state index in [9.17, 15) is 5.11 Å². The summed E-state index contributed by atoms with van der Waals surface area (Å²) >= 11 is 3.47. The summed E-state index contributed by atoms with van der Waals surface area (Å²) in [6.45, 7) is 5.34. The van der Waals surface area contributed by atoms with E-state index in [1.807, 2.05) is 29.0 Å². The number of halogens is 1. The van der Waals surface area contributed by atoms with Crippen LogP contribution in [-0.2, 0) is 6.54 Å². The van der Waals surface area contributed by atoms with Crippen molar-refractivity contribution in [2.45, 2.75) is 32.4 Å². The molecule has 1 aromatic heterocycles. The van der Waals surface area contributed by atoms with Crippen LogP contribution in [0.1, 0.15) is 19.8 Å². The van der Waals surface area contributed by atoms with Crippen LogP contribution >= 0.6 is 15.9 Å². The van der Waals surface area contributed by atoms with Crippen LogP contribution in [0.4, 0.5) is 0 Å². The Hall–Kier alpha value is -1.00. The zero-order valence-corrected chi connectivity index (χ0v) is 12.7. The van der Waals surface area contributed by atoms with Crippen molar-refractivity contribution in [3.05, 3.63) is 28.9 Å². The molecule has 1 aliphatic rings. The molecule has 0 amide bonds. The van der Waals surface area contributed by atoms with Gasteiger partial charge in [-0.3, -0.25) is 4.90 Å². The zero-order chi connectivity index (χ0) is 13.4. The molecule has 4 heteroatoms. The van der Waals surface area contributed by atoms with Gasteiger partial charge < -0.3 is 9.67 Å². The maximum Gasteiger partial charge on any atom is 0.199 e. The normalized spacial score (nSPS) is 20.4. The molecule has 1 atom stereocenters. The number of nitrogens with zero attached hydrogens (tertiary/aromatic N) is 2. The molecule has 0 radical (unpaired) electrons. The quantitative estimate of drug-likeness (QED) is 0.935. The lowest BCUT2D eigenvalue weighted by atomic mass is 10.2. The lowest BCUT2D eigenvalue weighted by Crippen LogP contribution is -2.30. The standard InChI is InChI=1S/C15H19BrN2O/c1-11-3-2-6-17(11)7-8-18-10-12-9-13(16)4-5-14(12)15(18)19/h4-5,9-11,19H,2-3,6-8H2,1H3/t11-/m1/s1. The summed E-state index contributed by atoms with van der Waals surface area (Å²) in [6, 6.07) is 6.66. The van der Waals surface area contributed by atoms with Gasteiger partial charge in [-0.15, -0.1) is 0 Å². The summed E-state index contributed by atoms with van der Waals surface area (Å²) < 4.78 is 3.01. The third kappa shape index (κ3) is 2.51. The number of hydrogen-bond acceptors (Lipinski definition) is 2. The van der Waals surface area contributed by atoms with Crippen molar-refractivity contribution in [1.82, 2.24) is 9.47 Å². The molecule has 2 heterocycles. The largest absolute Gasteiger partial charge is 0.494 e. The van der Waals surface area contributed by atoms with Crippen molar-refractivity contribution in [2.75, 3.05) is 13.1 Å². The van der Waals surface area contributed by atoms with Gasteiger partial charge in [-0.1, -0.05) is 15.9 Å². The summed E-state index contributed by atoms with van der Waals surface area (Å²) in [5.74, 6) is 0.384. The van der Waals surface area contributed by atoms with Gasteiger partial charge in [-0.2, -0.15) is 0 Å². The fraction of sp³-hybridized carbons (Fsp3) is 0.467. The first kappa shape index (κ1) is 13.0. The van der Waals surface area contributed by atoms with E-state index in [1.165, 1.54) is 19.4 Å². The van der Waals surface area contributed by atoms with E-state index in [0.717, 1.165) is 28.3 Å². The molecule has 102 valence electrons. The average Bonchev–Trinajstić information content (AvgIpc) is 2.91. The van der Waals surface area contributed by atoms with Crippen LogP contribution in [0.3, 0.4) is 0 Å². The molecule has 0 bridgehead atoms. The maximum atomic E-state index is 10.2. The van der Waals surface area contributed by atoms with Gasteiger partial charge in [0, 0.05) is 40.6 Å². The lowest BCUT2D eigenvalue weighted by Gasteiger charge is -2.21. The summed E-state index contributed by atoms with van der Waals surface area (Å²) in [7, 11) is 0. The number of aromatic hydroxyl groups is 1. The Labute approximate surface area is 122 Å². The predicted octanol–water partition coefficient (Wildman–Crippen LogP) is 3.59. The fourth-order valence-electron chi connectivity index (χ4n) is 2.96. The Kier molecular flexibility index (Phi) is 3.54. The second-order valence-corrected chi connectivity index (χ2v) is 6.32. The average molecular weight is 323 g/mol. The van der Waals surface area contributed by atoms with Crippen LogP contribution in [0, 0.1) is 0 Å².